The van der Waals surface area contributed by atoms with Crippen molar-refractivity contribution in [3.63, 3.8) is 0 Å². The van der Waals surface area contributed by atoms with Gasteiger partial charge in [0.25, 0.3) is 0 Å². The van der Waals surface area contributed by atoms with E-state index in [1.807, 2.05) is 13.8 Å². The predicted octanol–water partition coefficient (Wildman–Crippen LogP) is -0.164. The second-order valence-corrected chi connectivity index (χ2v) is 6.96. The lowest BCUT2D eigenvalue weighted by molar-refractivity contribution is -0.144. The van der Waals surface area contributed by atoms with Gasteiger partial charge in [-0.3, -0.25) is 14.3 Å². The van der Waals surface area contributed by atoms with E-state index in [2.05, 4.69) is 15.7 Å². The van der Waals surface area contributed by atoms with Gasteiger partial charge in [0.05, 0.1) is 37.3 Å². The first kappa shape index (κ1) is 18.8. The topological polar surface area (TPSA) is 97.7 Å². The number of anilines is 1. The normalized spacial score (nSPS) is 26.5. The third-order valence-corrected chi connectivity index (χ3v) is 4.42. The minimum atomic E-state index is -0.102. The summed E-state index contributed by atoms with van der Waals surface area (Å²) in [5, 5.41) is 10.2. The molecule has 2 N–H and O–H groups in total. The summed E-state index contributed by atoms with van der Waals surface area (Å²) in [6, 6.07) is 0.0330. The second kappa shape index (κ2) is 8.61. The maximum atomic E-state index is 12.5. The summed E-state index contributed by atoms with van der Waals surface area (Å²) in [5.41, 5.74) is 0.586. The molecule has 3 unspecified atom stereocenters. The minimum absolute atomic E-state index is 0.00321. The Balaban J connectivity index is 1.48. The van der Waals surface area contributed by atoms with Crippen molar-refractivity contribution in [1.82, 2.24) is 20.0 Å². The van der Waals surface area contributed by atoms with Crippen LogP contribution in [0.3, 0.4) is 0 Å². The Labute approximate surface area is 153 Å². The van der Waals surface area contributed by atoms with Crippen LogP contribution in [0, 0.1) is 0 Å². The fourth-order valence-electron chi connectivity index (χ4n) is 3.32. The number of ether oxygens (including phenoxy) is 2. The summed E-state index contributed by atoms with van der Waals surface area (Å²) >= 11 is 0. The van der Waals surface area contributed by atoms with Crippen LogP contribution < -0.4 is 10.6 Å². The Hall–Kier alpha value is -1.97. The van der Waals surface area contributed by atoms with Crippen LogP contribution >= 0.6 is 0 Å². The molecular formula is C17H27N5O4. The largest absolute Gasteiger partial charge is 0.378 e. The molecule has 9 heteroatoms. The second-order valence-electron chi connectivity index (χ2n) is 6.96. The molecule has 3 atom stereocenters. The van der Waals surface area contributed by atoms with Gasteiger partial charge in [-0.15, -0.1) is 0 Å². The number of hydrogen-bond donors (Lipinski definition) is 2. The molecule has 2 amide bonds. The van der Waals surface area contributed by atoms with Gasteiger partial charge in [-0.1, -0.05) is 0 Å². The van der Waals surface area contributed by atoms with Crippen LogP contribution in [0.2, 0.25) is 0 Å². The molecule has 2 saturated heterocycles. The van der Waals surface area contributed by atoms with E-state index in [1.165, 1.54) is 0 Å². The lowest BCUT2D eigenvalue weighted by atomic mass is 10.2. The number of nitrogens with zero attached hydrogens (tertiary/aromatic N) is 3. The van der Waals surface area contributed by atoms with Crippen molar-refractivity contribution in [2.24, 2.45) is 0 Å². The molecule has 3 heterocycles. The van der Waals surface area contributed by atoms with E-state index in [9.17, 15) is 9.59 Å². The highest BCUT2D eigenvalue weighted by Gasteiger charge is 2.26. The highest BCUT2D eigenvalue weighted by Crippen LogP contribution is 2.12. The molecule has 0 saturated carbocycles. The first-order valence-corrected chi connectivity index (χ1v) is 9.06. The molecule has 3 rings (SSSR count). The first-order chi connectivity index (χ1) is 12.5. The Morgan fingerprint density at radius 1 is 1.35 bits per heavy atom. The smallest absolute Gasteiger partial charge is 0.244 e. The molecule has 0 spiro atoms. The molecule has 9 nitrogen and oxygen atoms in total. The Morgan fingerprint density at radius 2 is 2.12 bits per heavy atom. The van der Waals surface area contributed by atoms with Crippen LogP contribution in [-0.4, -0.2) is 77.6 Å². The highest BCUT2D eigenvalue weighted by atomic mass is 16.5. The van der Waals surface area contributed by atoms with Crippen LogP contribution in [-0.2, 0) is 25.6 Å². The zero-order valence-electron chi connectivity index (χ0n) is 15.3. The minimum Gasteiger partial charge on any atom is -0.378 e. The third-order valence-electron chi connectivity index (χ3n) is 4.42. The fraction of sp³-hybridized carbons (Fsp3) is 0.706. The lowest BCUT2D eigenvalue weighted by Crippen LogP contribution is -2.49. The zero-order chi connectivity index (χ0) is 18.5. The van der Waals surface area contributed by atoms with Gasteiger partial charge in [0, 0.05) is 38.3 Å². The molecule has 144 valence electrons. The van der Waals surface area contributed by atoms with Crippen molar-refractivity contribution in [3.05, 3.63) is 12.4 Å². The summed E-state index contributed by atoms with van der Waals surface area (Å²) in [6.07, 6.45) is 3.64. The standard InChI is InChI=1S/C17H27N5O4/c1-12-7-21(8-13(2)26-12)17(24)10-22-9-15(6-19-22)20-16(23)5-14-11-25-4-3-18-14/h6,9,12-14,18H,3-5,7-8,10-11H2,1-2H3,(H,20,23). The van der Waals surface area contributed by atoms with E-state index in [0.29, 0.717) is 38.4 Å². The number of amides is 2. The Bertz CT molecular complexity index is 618. The molecule has 1 aromatic heterocycles. The third kappa shape index (κ3) is 5.26. The van der Waals surface area contributed by atoms with Gasteiger partial charge in [-0.25, -0.2) is 0 Å². The predicted molar refractivity (Wildman–Crippen MR) is 94.7 cm³/mol. The average Bonchev–Trinajstić information content (AvgIpc) is 3.01. The van der Waals surface area contributed by atoms with Gasteiger partial charge in [0.1, 0.15) is 6.54 Å². The molecule has 26 heavy (non-hydrogen) atoms. The molecule has 2 fully saturated rings. The molecule has 0 aromatic carbocycles. The van der Waals surface area contributed by atoms with E-state index >= 15 is 0 Å². The summed E-state index contributed by atoms with van der Waals surface area (Å²) in [6.45, 7) is 7.23. The first-order valence-electron chi connectivity index (χ1n) is 9.06. The van der Waals surface area contributed by atoms with Gasteiger partial charge in [0.2, 0.25) is 11.8 Å². The van der Waals surface area contributed by atoms with Crippen LogP contribution in [0.1, 0.15) is 20.3 Å². The summed E-state index contributed by atoms with van der Waals surface area (Å²) < 4.78 is 12.5. The molecule has 0 aliphatic carbocycles. The van der Waals surface area contributed by atoms with E-state index in [0.717, 1.165) is 6.54 Å². The molecular weight excluding hydrogens is 338 g/mol. The van der Waals surface area contributed by atoms with Crippen molar-refractivity contribution < 1.29 is 19.1 Å². The number of aromatic nitrogens is 2. The number of morpholine rings is 2. The van der Waals surface area contributed by atoms with Gasteiger partial charge >= 0.3 is 0 Å². The van der Waals surface area contributed by atoms with Gasteiger partial charge < -0.3 is 25.0 Å². The van der Waals surface area contributed by atoms with E-state index < -0.39 is 0 Å². The number of nitrogens with one attached hydrogen (secondary N) is 2. The van der Waals surface area contributed by atoms with Gasteiger partial charge in [-0.05, 0) is 13.8 Å². The maximum absolute atomic E-state index is 12.5. The van der Waals surface area contributed by atoms with Gasteiger partial charge in [0.15, 0.2) is 0 Å². The van der Waals surface area contributed by atoms with Crippen LogP contribution in [0.5, 0.6) is 0 Å². The lowest BCUT2D eigenvalue weighted by Gasteiger charge is -2.35. The highest BCUT2D eigenvalue weighted by molar-refractivity contribution is 5.90. The number of hydrogen-bond acceptors (Lipinski definition) is 6. The van der Waals surface area contributed by atoms with Crippen molar-refractivity contribution in [2.75, 3.05) is 38.2 Å². The van der Waals surface area contributed by atoms with E-state index in [4.69, 9.17) is 9.47 Å². The number of carbonyl (C=O) groups is 2. The van der Waals surface area contributed by atoms with Crippen molar-refractivity contribution in [3.8, 4) is 0 Å². The average molecular weight is 365 g/mol. The molecule has 0 radical (unpaired) electrons. The Kier molecular flexibility index (Phi) is 6.23. The number of rotatable bonds is 5. The van der Waals surface area contributed by atoms with E-state index in [1.54, 1.807) is 22.0 Å². The van der Waals surface area contributed by atoms with Crippen molar-refractivity contribution >= 4 is 17.5 Å². The van der Waals surface area contributed by atoms with Crippen molar-refractivity contribution in [2.45, 2.75) is 45.1 Å². The van der Waals surface area contributed by atoms with Crippen molar-refractivity contribution in [1.29, 1.82) is 0 Å². The van der Waals surface area contributed by atoms with Crippen LogP contribution in [0.4, 0.5) is 5.69 Å². The summed E-state index contributed by atoms with van der Waals surface area (Å²) in [7, 11) is 0. The zero-order valence-corrected chi connectivity index (χ0v) is 15.3. The van der Waals surface area contributed by atoms with Crippen LogP contribution in [0.15, 0.2) is 12.4 Å². The summed E-state index contributed by atoms with van der Waals surface area (Å²) in [4.78, 5) is 26.4. The molecule has 0 bridgehead atoms. The van der Waals surface area contributed by atoms with E-state index in [-0.39, 0.29) is 36.6 Å². The quantitative estimate of drug-likeness (QED) is 0.752. The maximum Gasteiger partial charge on any atom is 0.244 e. The van der Waals surface area contributed by atoms with Crippen LogP contribution in [0.25, 0.3) is 0 Å². The van der Waals surface area contributed by atoms with Gasteiger partial charge in [-0.2, -0.15) is 5.10 Å². The monoisotopic (exact) mass is 365 g/mol. The molecule has 1 aromatic rings. The fourth-order valence-corrected chi connectivity index (χ4v) is 3.32. The molecule has 2 aliphatic rings. The Morgan fingerprint density at radius 3 is 2.81 bits per heavy atom. The SMILES string of the molecule is CC1CN(C(=O)Cn2cc(NC(=O)CC3COCCN3)cn2)CC(C)O1. The summed E-state index contributed by atoms with van der Waals surface area (Å²) in [5.74, 6) is -0.105. The number of carbonyl (C=O) groups excluding carboxylic acids is 2. The molecule has 2 aliphatic heterocycles.